The quantitative estimate of drug-likeness (QED) is 0.469. The molecule has 1 aromatic heterocycles. The lowest BCUT2D eigenvalue weighted by molar-refractivity contribution is 0.0599. The highest BCUT2D eigenvalue weighted by atomic mass is 16.5. The highest BCUT2D eigenvalue weighted by Gasteiger charge is 2.26. The normalized spacial score (nSPS) is 13.1. The van der Waals surface area contributed by atoms with Crippen LogP contribution in [0.15, 0.2) is 41.4 Å². The van der Waals surface area contributed by atoms with Crippen molar-refractivity contribution in [2.45, 2.75) is 19.9 Å². The number of aliphatic imine (C=N–C) groups is 1. The smallest absolute Gasteiger partial charge is 0.340 e. The molecule has 0 unspecified atom stereocenters. The van der Waals surface area contributed by atoms with Gasteiger partial charge in [0.1, 0.15) is 5.75 Å². The number of hydrogen-bond donors (Lipinski definition) is 1. The molecule has 4 rings (SSSR count). The number of esters is 1. The first kappa shape index (κ1) is 23.9. The van der Waals surface area contributed by atoms with Crippen LogP contribution in [0, 0.1) is 6.92 Å². The maximum atomic E-state index is 12.7. The zero-order valence-electron chi connectivity index (χ0n) is 20.4. The van der Waals surface area contributed by atoms with E-state index in [0.29, 0.717) is 47.0 Å². The number of aromatic nitrogens is 1. The lowest BCUT2D eigenvalue weighted by Gasteiger charge is -2.11. The second kappa shape index (κ2) is 9.97. The van der Waals surface area contributed by atoms with E-state index in [2.05, 4.69) is 4.99 Å². The molecule has 0 saturated carbocycles. The van der Waals surface area contributed by atoms with Crippen molar-refractivity contribution in [2.75, 3.05) is 28.4 Å². The molecule has 8 nitrogen and oxygen atoms in total. The molecule has 182 valence electrons. The first-order chi connectivity index (χ1) is 16.9. The molecular formula is C27H28N2O6. The van der Waals surface area contributed by atoms with Gasteiger partial charge in [-0.15, -0.1) is 0 Å². The topological polar surface area (TPSA) is 91.5 Å². The maximum absolute atomic E-state index is 12.7. The number of nitrogens with zero attached hydrogens (tertiary/aromatic N) is 2. The third-order valence-electron chi connectivity index (χ3n) is 6.15. The molecule has 8 heteroatoms. The number of rotatable bonds is 8. The molecule has 0 saturated heterocycles. The highest BCUT2D eigenvalue weighted by Crippen LogP contribution is 2.38. The minimum absolute atomic E-state index is 0.0133. The van der Waals surface area contributed by atoms with E-state index in [1.54, 1.807) is 45.1 Å². The summed E-state index contributed by atoms with van der Waals surface area (Å²) in [6, 6.07) is 11.3. The Balaban J connectivity index is 1.72. The number of allylic oxidation sites excluding steroid dienone is 1. The van der Waals surface area contributed by atoms with Crippen LogP contribution in [0.3, 0.4) is 0 Å². The second-order valence-electron chi connectivity index (χ2n) is 8.02. The molecule has 1 aliphatic heterocycles. The molecule has 1 aliphatic rings. The Morgan fingerprint density at radius 3 is 2.49 bits per heavy atom. The summed E-state index contributed by atoms with van der Waals surface area (Å²) >= 11 is 0. The number of aromatic hydroxyl groups is 1. The fourth-order valence-corrected chi connectivity index (χ4v) is 4.26. The van der Waals surface area contributed by atoms with Gasteiger partial charge in [0.2, 0.25) is 0 Å². The summed E-state index contributed by atoms with van der Waals surface area (Å²) in [5.41, 5.74) is 4.72. The van der Waals surface area contributed by atoms with E-state index in [9.17, 15) is 9.90 Å². The van der Waals surface area contributed by atoms with Crippen molar-refractivity contribution in [3.05, 3.63) is 64.3 Å². The van der Waals surface area contributed by atoms with E-state index in [0.717, 1.165) is 22.4 Å². The van der Waals surface area contributed by atoms with Gasteiger partial charge >= 0.3 is 5.97 Å². The van der Waals surface area contributed by atoms with Crippen LogP contribution in [0.1, 0.15) is 32.7 Å². The van der Waals surface area contributed by atoms with Crippen LogP contribution in [0.5, 0.6) is 23.1 Å². The van der Waals surface area contributed by atoms with Gasteiger partial charge in [0.15, 0.2) is 17.4 Å². The summed E-state index contributed by atoms with van der Waals surface area (Å²) in [7, 11) is 6.11. The maximum Gasteiger partial charge on any atom is 0.340 e. The Hall–Kier alpha value is -4.20. The van der Waals surface area contributed by atoms with Crippen molar-refractivity contribution in [1.82, 2.24) is 4.57 Å². The van der Waals surface area contributed by atoms with E-state index >= 15 is 0 Å². The summed E-state index contributed by atoms with van der Waals surface area (Å²) in [5.74, 6) is 1.44. The molecule has 0 aliphatic carbocycles. The van der Waals surface area contributed by atoms with E-state index in [-0.39, 0.29) is 5.88 Å². The van der Waals surface area contributed by atoms with Gasteiger partial charge < -0.3 is 28.6 Å². The number of carbonyl (C=O) groups excluding carboxylic acids is 1. The van der Waals surface area contributed by atoms with Gasteiger partial charge in [-0.1, -0.05) is 6.07 Å². The number of ether oxygens (including phenoxy) is 4. The van der Waals surface area contributed by atoms with Gasteiger partial charge in [0.05, 0.1) is 45.3 Å². The van der Waals surface area contributed by atoms with Crippen molar-refractivity contribution in [2.24, 2.45) is 4.99 Å². The molecule has 0 amide bonds. The molecule has 0 bridgehead atoms. The zero-order chi connectivity index (χ0) is 25.1. The average Bonchev–Trinajstić information content (AvgIpc) is 3.39. The SMILES string of the molecule is COC(=O)c1c(/C=C2\C=Nc3ccc(OC)cc32)c(O)n(CCc2ccc(OC)c(OC)c2)c1C. The monoisotopic (exact) mass is 476 g/mol. The van der Waals surface area contributed by atoms with Gasteiger partial charge in [0.25, 0.3) is 0 Å². The first-order valence-corrected chi connectivity index (χ1v) is 11.1. The van der Waals surface area contributed by atoms with E-state index in [4.69, 9.17) is 18.9 Å². The van der Waals surface area contributed by atoms with E-state index in [1.807, 2.05) is 36.4 Å². The van der Waals surface area contributed by atoms with Crippen LogP contribution in [0.2, 0.25) is 0 Å². The molecule has 0 spiro atoms. The first-order valence-electron chi connectivity index (χ1n) is 11.1. The van der Waals surface area contributed by atoms with Gasteiger partial charge in [0, 0.05) is 29.6 Å². The lowest BCUT2D eigenvalue weighted by Crippen LogP contribution is -2.07. The zero-order valence-corrected chi connectivity index (χ0v) is 20.4. The second-order valence-corrected chi connectivity index (χ2v) is 8.02. The summed E-state index contributed by atoms with van der Waals surface area (Å²) in [6.07, 6.45) is 4.07. The molecule has 0 fully saturated rings. The minimum atomic E-state index is -0.518. The molecule has 3 aromatic rings. The third-order valence-corrected chi connectivity index (χ3v) is 6.15. The number of hydrogen-bond acceptors (Lipinski definition) is 7. The molecule has 1 N–H and O–H groups in total. The van der Waals surface area contributed by atoms with Crippen molar-refractivity contribution in [3.63, 3.8) is 0 Å². The molecule has 2 aromatic carbocycles. The van der Waals surface area contributed by atoms with Crippen LogP contribution in [0.4, 0.5) is 5.69 Å². The summed E-state index contributed by atoms with van der Waals surface area (Å²) in [5, 5.41) is 11.2. The number of aryl methyl sites for hydroxylation is 1. The summed E-state index contributed by atoms with van der Waals surface area (Å²) in [6.45, 7) is 2.24. The predicted molar refractivity (Wildman–Crippen MR) is 134 cm³/mol. The lowest BCUT2D eigenvalue weighted by atomic mass is 10.0. The van der Waals surface area contributed by atoms with Crippen LogP contribution in [-0.4, -0.2) is 50.3 Å². The number of carbonyl (C=O) groups is 1. The van der Waals surface area contributed by atoms with Gasteiger partial charge in [-0.05, 0) is 55.3 Å². The molecule has 2 heterocycles. The Labute approximate surface area is 204 Å². The Kier molecular flexibility index (Phi) is 6.82. The third kappa shape index (κ3) is 4.47. The fourth-order valence-electron chi connectivity index (χ4n) is 4.26. The Bertz CT molecular complexity index is 1340. The van der Waals surface area contributed by atoms with Crippen molar-refractivity contribution >= 4 is 29.5 Å². The van der Waals surface area contributed by atoms with Crippen molar-refractivity contribution in [3.8, 4) is 23.1 Å². The molecule has 0 radical (unpaired) electrons. The van der Waals surface area contributed by atoms with Crippen molar-refractivity contribution < 1.29 is 28.8 Å². The van der Waals surface area contributed by atoms with Crippen molar-refractivity contribution in [1.29, 1.82) is 0 Å². The highest BCUT2D eigenvalue weighted by molar-refractivity contribution is 6.22. The van der Waals surface area contributed by atoms with Gasteiger partial charge in [-0.3, -0.25) is 4.99 Å². The van der Waals surface area contributed by atoms with Crippen LogP contribution in [0.25, 0.3) is 11.6 Å². The predicted octanol–water partition coefficient (Wildman–Crippen LogP) is 4.81. The minimum Gasteiger partial charge on any atom is -0.497 e. The van der Waals surface area contributed by atoms with Gasteiger partial charge in [-0.25, -0.2) is 4.79 Å². The number of methoxy groups -OCH3 is 4. The van der Waals surface area contributed by atoms with Crippen LogP contribution < -0.4 is 14.2 Å². The molecular weight excluding hydrogens is 448 g/mol. The fraction of sp³-hybridized carbons (Fsp3) is 0.259. The Morgan fingerprint density at radius 2 is 1.80 bits per heavy atom. The standard InChI is InChI=1S/C27H28N2O6/c1-16-25(27(31)35-5)21(13-18-15-28-22-8-7-19(32-2)14-20(18)22)26(30)29(16)11-10-17-6-9-23(33-3)24(12-17)34-4/h6-9,12-15,30H,10-11H2,1-5H3/b18-13+. The number of fused-ring (bicyclic) bond motifs is 1. The molecule has 0 atom stereocenters. The van der Waals surface area contributed by atoms with E-state index in [1.165, 1.54) is 7.11 Å². The largest absolute Gasteiger partial charge is 0.497 e. The van der Waals surface area contributed by atoms with Gasteiger partial charge in [-0.2, -0.15) is 0 Å². The summed E-state index contributed by atoms with van der Waals surface area (Å²) in [4.78, 5) is 17.1. The van der Waals surface area contributed by atoms with E-state index < -0.39 is 5.97 Å². The number of benzene rings is 2. The van der Waals surface area contributed by atoms with Crippen LogP contribution in [-0.2, 0) is 17.7 Å². The average molecular weight is 477 g/mol. The molecule has 35 heavy (non-hydrogen) atoms. The Morgan fingerprint density at radius 1 is 1.03 bits per heavy atom. The van der Waals surface area contributed by atoms with Crippen LogP contribution >= 0.6 is 0 Å². The summed E-state index contributed by atoms with van der Waals surface area (Å²) < 4.78 is 22.8.